The third-order valence-corrected chi connectivity index (χ3v) is 23.2. The molecule has 0 aromatic rings. The molecule has 0 amide bonds. The summed E-state index contributed by atoms with van der Waals surface area (Å²) in [4.78, 5) is 102. The monoisotopic (exact) mass is 1110 g/mol. The van der Waals surface area contributed by atoms with Crippen molar-refractivity contribution in [1.29, 1.82) is 0 Å². The van der Waals surface area contributed by atoms with Crippen molar-refractivity contribution >= 4 is 41.8 Å². The van der Waals surface area contributed by atoms with Crippen LogP contribution in [0.25, 0.3) is 0 Å². The van der Waals surface area contributed by atoms with Gasteiger partial charge in [0.15, 0.2) is 0 Å². The van der Waals surface area contributed by atoms with E-state index in [4.69, 9.17) is 33.2 Å². The Morgan fingerprint density at radius 1 is 0.532 bits per heavy atom. The summed E-state index contributed by atoms with van der Waals surface area (Å²) in [5.74, 6) is -5.79. The molecule has 11 rings (SSSR count). The van der Waals surface area contributed by atoms with Crippen LogP contribution in [0, 0.1) is 136 Å². The topological polar surface area (TPSA) is 231 Å². The largest absolute Gasteiger partial charge is 0.481 e. The van der Waals surface area contributed by atoms with Crippen molar-refractivity contribution in [1.82, 2.24) is 9.80 Å². The maximum absolute atomic E-state index is 14.9. The lowest BCUT2D eigenvalue weighted by molar-refractivity contribution is -0.168. The van der Waals surface area contributed by atoms with E-state index < -0.39 is 65.0 Å². The number of aliphatic hydroxyl groups excluding tert-OH is 1. The Morgan fingerprint density at radius 2 is 0.987 bits per heavy atom. The van der Waals surface area contributed by atoms with Crippen LogP contribution in [0.3, 0.4) is 0 Å². The predicted octanol–water partition coefficient (Wildman–Crippen LogP) is 5.39. The molecule has 0 spiro atoms. The number of rotatable bonds is 21. The molecular weight excluding hydrogens is 1020 g/mol. The van der Waals surface area contributed by atoms with Crippen LogP contribution >= 0.6 is 0 Å². The number of hydrogen-bond acceptors (Lipinski definition) is 17. The van der Waals surface area contributed by atoms with Crippen LogP contribution in [0.1, 0.15) is 105 Å². The third kappa shape index (κ3) is 11.3. The number of cyclic esters (lactones) is 2. The van der Waals surface area contributed by atoms with E-state index in [9.17, 15) is 43.8 Å². The van der Waals surface area contributed by atoms with Gasteiger partial charge in [-0.2, -0.15) is 0 Å². The first-order valence-corrected chi connectivity index (χ1v) is 30.8. The second-order valence-electron chi connectivity index (χ2n) is 27.7. The average Bonchev–Trinajstić information content (AvgIpc) is 4.49. The van der Waals surface area contributed by atoms with Gasteiger partial charge in [-0.15, -0.1) is 0 Å². The molecule has 0 radical (unpaired) electrons. The highest BCUT2D eigenvalue weighted by molar-refractivity contribution is 5.96. The van der Waals surface area contributed by atoms with Crippen molar-refractivity contribution < 1.29 is 76.9 Å². The Morgan fingerprint density at radius 3 is 1.51 bits per heavy atom. The lowest BCUT2D eigenvalue weighted by Crippen LogP contribution is -2.47. The molecule has 18 heteroatoms. The van der Waals surface area contributed by atoms with Crippen molar-refractivity contribution in [3.05, 3.63) is 0 Å². The Kier molecular flexibility index (Phi) is 17.0. The molecule has 0 aromatic heterocycles. The molecule has 8 bridgehead atoms. The van der Waals surface area contributed by atoms with E-state index >= 15 is 0 Å². The van der Waals surface area contributed by atoms with Crippen LogP contribution in [0.4, 0.5) is 0 Å². The molecule has 3 aliphatic heterocycles. The van der Waals surface area contributed by atoms with E-state index in [1.54, 1.807) is 6.92 Å². The number of aliphatic carboxylic acids is 1. The molecule has 23 unspecified atom stereocenters. The molecule has 3 saturated heterocycles. The standard InChI is InChI=1S/C61H90N2O16/c1-31-33-20-40(51(21-33)58(70)79-61(3,4)5)36(31)26-38-35-23-42(50(25-35)56(68)77-19-12-64)43(38)28-39-34-22-41(49(24-34)54(65)66)44(39)29-46-45(27-37-32(2)55(67)78-57(37)69)47-30-48(46)53(60(72)76-18-11-63-8-15-74-16-9-63)52(47)59(71)75-17-10-62-6-13-73-14-7-62/h31-53,64H,6-30H2,1-5H3,(H,65,66). The molecule has 3 heterocycles. The van der Waals surface area contributed by atoms with Gasteiger partial charge in [-0.3, -0.25) is 43.4 Å². The summed E-state index contributed by atoms with van der Waals surface area (Å²) >= 11 is 0. The maximum atomic E-state index is 14.9. The van der Waals surface area contributed by atoms with Gasteiger partial charge >= 0.3 is 41.8 Å². The molecule has 18 nitrogen and oxygen atoms in total. The van der Waals surface area contributed by atoms with Gasteiger partial charge in [0.05, 0.1) is 74.5 Å². The number of fused-ring (bicyclic) bond motifs is 8. The Hall–Kier alpha value is -3.71. The first-order valence-electron chi connectivity index (χ1n) is 30.8. The Bertz CT molecular complexity index is 2280. The maximum Gasteiger partial charge on any atom is 0.317 e. The highest BCUT2D eigenvalue weighted by Gasteiger charge is 2.67. The van der Waals surface area contributed by atoms with E-state index in [0.29, 0.717) is 94.8 Å². The summed E-state index contributed by atoms with van der Waals surface area (Å²) in [5, 5.41) is 20.6. The predicted molar refractivity (Wildman–Crippen MR) is 281 cm³/mol. The van der Waals surface area contributed by atoms with Crippen molar-refractivity contribution in [2.24, 2.45) is 136 Å². The van der Waals surface area contributed by atoms with Crippen LogP contribution in [0.5, 0.6) is 0 Å². The van der Waals surface area contributed by atoms with E-state index in [1.165, 1.54) is 0 Å². The number of carbonyl (C=O) groups excluding carboxylic acids is 6. The molecular formula is C61H90N2O16. The van der Waals surface area contributed by atoms with Gasteiger partial charge in [-0.1, -0.05) is 13.8 Å². The van der Waals surface area contributed by atoms with Crippen LogP contribution in [0.15, 0.2) is 0 Å². The lowest BCUT2D eigenvalue weighted by atomic mass is 9.58. The van der Waals surface area contributed by atoms with Crippen molar-refractivity contribution in [2.75, 3.05) is 92.1 Å². The highest BCUT2D eigenvalue weighted by atomic mass is 16.6. The third-order valence-electron chi connectivity index (χ3n) is 23.2. The first-order chi connectivity index (χ1) is 37.9. The molecule has 23 atom stereocenters. The number of carboxylic acid groups (broad SMARTS) is 1. The number of hydrogen-bond donors (Lipinski definition) is 2. The second-order valence-corrected chi connectivity index (χ2v) is 27.7. The Labute approximate surface area is 466 Å². The van der Waals surface area contributed by atoms with Crippen molar-refractivity contribution in [3.63, 3.8) is 0 Å². The summed E-state index contributed by atoms with van der Waals surface area (Å²) in [7, 11) is 0. The van der Waals surface area contributed by atoms with Gasteiger partial charge in [0.2, 0.25) is 0 Å². The summed E-state index contributed by atoms with van der Waals surface area (Å²) in [6.07, 6.45) is 8.13. The molecule has 11 fully saturated rings. The van der Waals surface area contributed by atoms with Gasteiger partial charge in [-0.05, 0) is 186 Å². The fraction of sp³-hybridized carbons (Fsp3) is 0.885. The zero-order valence-electron chi connectivity index (χ0n) is 47.5. The fourth-order valence-electron chi connectivity index (χ4n) is 19.8. The van der Waals surface area contributed by atoms with Crippen LogP contribution < -0.4 is 0 Å². The number of esters is 6. The molecule has 79 heavy (non-hydrogen) atoms. The van der Waals surface area contributed by atoms with E-state index in [1.807, 2.05) is 20.8 Å². The Balaban J connectivity index is 0.897. The van der Waals surface area contributed by atoms with Gasteiger partial charge in [0, 0.05) is 39.3 Å². The molecule has 2 N–H and O–H groups in total. The first kappa shape index (κ1) is 57.1. The molecule has 8 aliphatic carbocycles. The van der Waals surface area contributed by atoms with Gasteiger partial charge in [0.1, 0.15) is 25.4 Å². The van der Waals surface area contributed by atoms with Crippen molar-refractivity contribution in [3.8, 4) is 0 Å². The van der Waals surface area contributed by atoms with E-state index in [2.05, 4.69) is 16.7 Å². The average molecular weight is 1110 g/mol. The summed E-state index contributed by atoms with van der Waals surface area (Å²) in [6, 6.07) is 0. The normalized spacial score (nSPS) is 43.2. The quantitative estimate of drug-likeness (QED) is 0.0833. The number of nitrogens with zero attached hydrogens (tertiary/aromatic N) is 2. The highest BCUT2D eigenvalue weighted by Crippen LogP contribution is 2.69. The van der Waals surface area contributed by atoms with Gasteiger partial charge < -0.3 is 43.4 Å². The molecule has 0 aromatic carbocycles. The minimum atomic E-state index is -0.821. The molecule has 440 valence electrons. The van der Waals surface area contributed by atoms with Crippen LogP contribution in [-0.2, 0) is 66.7 Å². The zero-order valence-corrected chi connectivity index (χ0v) is 47.5. The second kappa shape index (κ2) is 23.5. The number of carboxylic acids is 1. The minimum absolute atomic E-state index is 0.0456. The SMILES string of the molecule is CC1C(=O)OC(=O)C1CC1C(CC2C(CC3C(CC4C(C)C5CC(C(=O)OC(C)(C)C)C4C5)C4CC(C(=O)OCCO)C3C4)C3CC(C(=O)O)C2C3)C2CC1C(C(=O)OCCN1CCOCC1)C2C(=O)OCCN1CCOCC1. The summed E-state index contributed by atoms with van der Waals surface area (Å²) < 4.78 is 40.4. The smallest absolute Gasteiger partial charge is 0.317 e. The number of aliphatic hydroxyl groups is 1. The number of carbonyl (C=O) groups is 7. The summed E-state index contributed by atoms with van der Waals surface area (Å²) in [5.41, 5.74) is -0.575. The molecule has 11 aliphatic rings. The van der Waals surface area contributed by atoms with Crippen LogP contribution in [-0.4, -0.2) is 160 Å². The number of morpholine rings is 2. The summed E-state index contributed by atoms with van der Waals surface area (Å²) in [6.45, 7) is 16.3. The fourth-order valence-corrected chi connectivity index (χ4v) is 19.8. The van der Waals surface area contributed by atoms with Gasteiger partial charge in [-0.25, -0.2) is 0 Å². The number of ether oxygens (including phenoxy) is 7. The van der Waals surface area contributed by atoms with E-state index in [0.717, 1.165) is 71.1 Å². The zero-order chi connectivity index (χ0) is 55.6. The molecule has 8 saturated carbocycles. The van der Waals surface area contributed by atoms with Crippen molar-refractivity contribution in [2.45, 2.75) is 111 Å². The van der Waals surface area contributed by atoms with Gasteiger partial charge in [0.25, 0.3) is 0 Å². The lowest BCUT2D eigenvalue weighted by Gasteiger charge is -2.46. The minimum Gasteiger partial charge on any atom is -0.481 e. The van der Waals surface area contributed by atoms with Crippen LogP contribution in [0.2, 0.25) is 0 Å². The van der Waals surface area contributed by atoms with E-state index in [-0.39, 0.29) is 115 Å².